The third-order valence-electron chi connectivity index (χ3n) is 4.79. The number of nitro groups is 1. The first kappa shape index (κ1) is 23.2. The lowest BCUT2D eigenvalue weighted by atomic mass is 10.1. The maximum absolute atomic E-state index is 12.6. The lowest BCUT2D eigenvalue weighted by molar-refractivity contribution is -0.384. The Hall–Kier alpha value is -3.47. The summed E-state index contributed by atoms with van der Waals surface area (Å²) < 4.78 is 10.9. The molecule has 1 fully saturated rings. The second-order valence-corrected chi connectivity index (χ2v) is 8.38. The molecule has 172 valence electrons. The van der Waals surface area contributed by atoms with Crippen molar-refractivity contribution in [1.29, 1.82) is 0 Å². The summed E-state index contributed by atoms with van der Waals surface area (Å²) in [7, 11) is 1.58. The van der Waals surface area contributed by atoms with E-state index >= 15 is 0 Å². The number of hydrogen-bond donors (Lipinski definition) is 1. The lowest BCUT2D eigenvalue weighted by Crippen LogP contribution is -2.58. The van der Waals surface area contributed by atoms with Crippen molar-refractivity contribution < 1.29 is 19.2 Å². The molecule has 3 rings (SSSR count). The fourth-order valence-corrected chi connectivity index (χ4v) is 3.39. The number of carbonyl (C=O) groups is 1. The lowest BCUT2D eigenvalue weighted by Gasteiger charge is -2.41. The molecule has 1 saturated heterocycles. The Kier molecular flexibility index (Phi) is 7.08. The first-order valence-corrected chi connectivity index (χ1v) is 10.2. The Morgan fingerprint density at radius 1 is 1.25 bits per heavy atom. The zero-order chi connectivity index (χ0) is 23.3. The van der Waals surface area contributed by atoms with Gasteiger partial charge >= 0.3 is 11.8 Å². The Morgan fingerprint density at radius 2 is 1.97 bits per heavy atom. The molecule has 1 amide bonds. The predicted molar refractivity (Wildman–Crippen MR) is 119 cm³/mol. The maximum atomic E-state index is 12.6. The van der Waals surface area contributed by atoms with Crippen LogP contribution in [0.1, 0.15) is 20.8 Å². The molecule has 0 saturated carbocycles. The quantitative estimate of drug-likeness (QED) is 0.528. The van der Waals surface area contributed by atoms with E-state index in [0.29, 0.717) is 37.7 Å². The molecule has 1 atom stereocenters. The zero-order valence-corrected chi connectivity index (χ0v) is 18.6. The largest absolute Gasteiger partial charge is 0.444 e. The van der Waals surface area contributed by atoms with E-state index in [1.165, 1.54) is 6.07 Å². The number of nitrogens with zero attached hydrogens (tertiary/aromatic N) is 5. The van der Waals surface area contributed by atoms with E-state index < -0.39 is 16.6 Å². The van der Waals surface area contributed by atoms with Crippen molar-refractivity contribution in [3.05, 3.63) is 46.8 Å². The molecular weight excluding hydrogens is 416 g/mol. The third-order valence-corrected chi connectivity index (χ3v) is 4.79. The minimum absolute atomic E-state index is 0.133. The van der Waals surface area contributed by atoms with Gasteiger partial charge < -0.3 is 19.7 Å². The van der Waals surface area contributed by atoms with Crippen LogP contribution < -0.4 is 10.2 Å². The highest BCUT2D eigenvalue weighted by Crippen LogP contribution is 2.29. The normalized spacial score (nSPS) is 16.6. The van der Waals surface area contributed by atoms with Crippen LogP contribution >= 0.6 is 0 Å². The topological polar surface area (TPSA) is 123 Å². The van der Waals surface area contributed by atoms with Gasteiger partial charge in [0.15, 0.2) is 0 Å². The molecular formula is C21H28N6O5. The van der Waals surface area contributed by atoms with Crippen molar-refractivity contribution in [2.75, 3.05) is 43.6 Å². The molecule has 1 aliphatic rings. The van der Waals surface area contributed by atoms with Crippen LogP contribution in [-0.4, -0.2) is 70.9 Å². The summed E-state index contributed by atoms with van der Waals surface area (Å²) in [5.74, 6) is 0.702. The molecule has 11 nitrogen and oxygen atoms in total. The van der Waals surface area contributed by atoms with Gasteiger partial charge in [0.2, 0.25) is 5.82 Å². The maximum Gasteiger partial charge on any atom is 0.410 e. The van der Waals surface area contributed by atoms with E-state index in [2.05, 4.69) is 15.3 Å². The van der Waals surface area contributed by atoms with Crippen LogP contribution in [0, 0.1) is 10.1 Å². The average molecular weight is 444 g/mol. The standard InChI is InChI=1S/C21H28N6O5/c1-21(2,3)32-20(28)26-12-11-25(13-16(26)14-31-4)18-6-5-17(27(29)30)19(24-18)23-15-7-9-22-10-8-15/h5-10,16H,11-14H2,1-4H3,(H,22,23,24)/t16-/m1/s1. The Labute approximate surface area is 186 Å². The van der Waals surface area contributed by atoms with Crippen molar-refractivity contribution in [3.63, 3.8) is 0 Å². The molecule has 1 N–H and O–H groups in total. The number of methoxy groups -OCH3 is 1. The number of hydrogen-bond acceptors (Lipinski definition) is 9. The van der Waals surface area contributed by atoms with Crippen molar-refractivity contribution in [2.45, 2.75) is 32.4 Å². The number of pyridine rings is 2. The van der Waals surface area contributed by atoms with Crippen LogP contribution in [0.25, 0.3) is 0 Å². The fraction of sp³-hybridized carbons (Fsp3) is 0.476. The molecule has 1 aliphatic heterocycles. The minimum atomic E-state index is -0.598. The van der Waals surface area contributed by atoms with E-state index in [4.69, 9.17) is 9.47 Å². The second-order valence-electron chi connectivity index (χ2n) is 8.38. The Morgan fingerprint density at radius 3 is 2.59 bits per heavy atom. The van der Waals surface area contributed by atoms with Crippen molar-refractivity contribution in [1.82, 2.24) is 14.9 Å². The number of ether oxygens (including phenoxy) is 2. The van der Waals surface area contributed by atoms with E-state index in [0.717, 1.165) is 0 Å². The third kappa shape index (κ3) is 5.82. The number of nitrogens with one attached hydrogen (secondary N) is 1. The molecule has 0 aromatic carbocycles. The second kappa shape index (κ2) is 9.77. The average Bonchev–Trinajstić information content (AvgIpc) is 2.73. The Bertz CT molecular complexity index is 949. The van der Waals surface area contributed by atoms with Gasteiger partial charge in [-0.05, 0) is 39.0 Å². The number of anilines is 3. The van der Waals surface area contributed by atoms with Crippen LogP contribution in [0.3, 0.4) is 0 Å². The molecule has 0 spiro atoms. The van der Waals surface area contributed by atoms with Gasteiger partial charge in [-0.2, -0.15) is 0 Å². The number of piperazine rings is 1. The van der Waals surface area contributed by atoms with Gasteiger partial charge in [0.25, 0.3) is 0 Å². The summed E-state index contributed by atoms with van der Waals surface area (Å²) >= 11 is 0. The molecule has 3 heterocycles. The molecule has 0 bridgehead atoms. The summed E-state index contributed by atoms with van der Waals surface area (Å²) in [4.78, 5) is 35.8. The molecule has 0 aliphatic carbocycles. The first-order valence-electron chi connectivity index (χ1n) is 10.2. The SMILES string of the molecule is COC[C@H]1CN(c2ccc([N+](=O)[O-])c(Nc3ccncc3)n2)CCN1C(=O)OC(C)(C)C. The van der Waals surface area contributed by atoms with E-state index in [1.54, 1.807) is 42.6 Å². The van der Waals surface area contributed by atoms with E-state index in [-0.39, 0.29) is 17.5 Å². The highest BCUT2D eigenvalue weighted by molar-refractivity contribution is 5.70. The van der Waals surface area contributed by atoms with Crippen LogP contribution in [0.15, 0.2) is 36.7 Å². The minimum Gasteiger partial charge on any atom is -0.444 e. The zero-order valence-electron chi connectivity index (χ0n) is 18.6. The predicted octanol–water partition coefficient (Wildman–Crippen LogP) is 3.20. The first-order chi connectivity index (χ1) is 15.2. The summed E-state index contributed by atoms with van der Waals surface area (Å²) in [6.45, 7) is 7.16. The van der Waals surface area contributed by atoms with Gasteiger partial charge in [0.05, 0.1) is 17.6 Å². The van der Waals surface area contributed by atoms with Gasteiger partial charge in [0, 0.05) is 50.9 Å². The number of aromatic nitrogens is 2. The monoisotopic (exact) mass is 444 g/mol. The fourth-order valence-electron chi connectivity index (χ4n) is 3.39. The van der Waals surface area contributed by atoms with E-state index in [9.17, 15) is 14.9 Å². The van der Waals surface area contributed by atoms with Crippen molar-refractivity contribution in [3.8, 4) is 0 Å². The van der Waals surface area contributed by atoms with Gasteiger partial charge in [-0.1, -0.05) is 0 Å². The summed E-state index contributed by atoms with van der Waals surface area (Å²) in [6, 6.07) is 6.19. The van der Waals surface area contributed by atoms with Crippen molar-refractivity contribution >= 4 is 29.1 Å². The van der Waals surface area contributed by atoms with Gasteiger partial charge in [-0.25, -0.2) is 9.78 Å². The number of carbonyl (C=O) groups excluding carboxylic acids is 1. The van der Waals surface area contributed by atoms with Crippen LogP contribution in [0.2, 0.25) is 0 Å². The van der Waals surface area contributed by atoms with Crippen molar-refractivity contribution in [2.24, 2.45) is 0 Å². The molecule has 32 heavy (non-hydrogen) atoms. The van der Waals surface area contributed by atoms with Crippen LogP contribution in [0.4, 0.5) is 27.8 Å². The van der Waals surface area contributed by atoms with Crippen LogP contribution in [0.5, 0.6) is 0 Å². The highest BCUT2D eigenvalue weighted by Gasteiger charge is 2.34. The summed E-state index contributed by atoms with van der Waals surface area (Å²) in [5, 5.41) is 14.5. The van der Waals surface area contributed by atoms with Gasteiger partial charge in [-0.15, -0.1) is 0 Å². The van der Waals surface area contributed by atoms with Crippen LogP contribution in [-0.2, 0) is 9.47 Å². The number of rotatable bonds is 6. The molecule has 0 unspecified atom stereocenters. The molecule has 0 radical (unpaired) electrons. The molecule has 2 aromatic rings. The summed E-state index contributed by atoms with van der Waals surface area (Å²) in [6.07, 6.45) is 2.78. The van der Waals surface area contributed by atoms with Gasteiger partial charge in [-0.3, -0.25) is 20.0 Å². The molecule has 2 aromatic heterocycles. The molecule has 11 heteroatoms. The summed E-state index contributed by atoms with van der Waals surface area (Å²) in [5.41, 5.74) is -0.0922. The Balaban J connectivity index is 1.82. The smallest absolute Gasteiger partial charge is 0.410 e. The number of amides is 1. The highest BCUT2D eigenvalue weighted by atomic mass is 16.6. The van der Waals surface area contributed by atoms with E-state index in [1.807, 2.05) is 25.7 Å². The van der Waals surface area contributed by atoms with Gasteiger partial charge in [0.1, 0.15) is 11.4 Å².